The fourth-order valence-electron chi connectivity index (χ4n) is 4.02. The summed E-state index contributed by atoms with van der Waals surface area (Å²) in [4.78, 5) is 19.5. The third-order valence-electron chi connectivity index (χ3n) is 6.01. The van der Waals surface area contributed by atoms with Gasteiger partial charge in [0.1, 0.15) is 0 Å². The lowest BCUT2D eigenvalue weighted by molar-refractivity contribution is -0.131. The molecule has 3 aromatic rings. The van der Waals surface area contributed by atoms with Crippen molar-refractivity contribution in [3.63, 3.8) is 0 Å². The molecule has 0 bridgehead atoms. The number of carbonyl (C=O) groups excluding carboxylic acids is 1. The maximum Gasteiger partial charge on any atom is 0.233 e. The molecule has 2 saturated carbocycles. The van der Waals surface area contributed by atoms with E-state index >= 15 is 0 Å². The highest BCUT2D eigenvalue weighted by molar-refractivity contribution is 7.99. The van der Waals surface area contributed by atoms with E-state index in [-0.39, 0.29) is 5.91 Å². The second-order valence-corrected chi connectivity index (χ2v) is 10.1. The number of hydrogen-bond acceptors (Lipinski definition) is 5. The van der Waals surface area contributed by atoms with Crippen molar-refractivity contribution < 1.29 is 4.79 Å². The van der Waals surface area contributed by atoms with Crippen LogP contribution in [0.2, 0.25) is 10.0 Å². The molecule has 6 nitrogen and oxygen atoms in total. The van der Waals surface area contributed by atoms with E-state index in [1.54, 1.807) is 24.5 Å². The van der Waals surface area contributed by atoms with Crippen LogP contribution in [-0.2, 0) is 4.79 Å². The van der Waals surface area contributed by atoms with E-state index in [1.807, 2.05) is 22.8 Å². The minimum Gasteiger partial charge on any atom is -0.336 e. The van der Waals surface area contributed by atoms with Crippen molar-refractivity contribution in [2.75, 3.05) is 5.75 Å². The van der Waals surface area contributed by atoms with Gasteiger partial charge in [-0.1, -0.05) is 35.0 Å². The molecular weight excluding hydrogens is 465 g/mol. The van der Waals surface area contributed by atoms with Crippen molar-refractivity contribution in [3.8, 4) is 17.1 Å². The summed E-state index contributed by atoms with van der Waals surface area (Å²) in [5.41, 5.74) is 1.61. The second-order valence-electron chi connectivity index (χ2n) is 8.38. The number of halogens is 2. The van der Waals surface area contributed by atoms with Gasteiger partial charge in [-0.3, -0.25) is 14.3 Å². The average Bonchev–Trinajstić information content (AvgIpc) is 3.73. The highest BCUT2D eigenvalue weighted by Gasteiger charge is 2.41. The van der Waals surface area contributed by atoms with Crippen LogP contribution in [0.15, 0.2) is 47.9 Å². The van der Waals surface area contributed by atoms with Crippen LogP contribution in [0.1, 0.15) is 32.6 Å². The second kappa shape index (κ2) is 9.04. The van der Waals surface area contributed by atoms with Gasteiger partial charge in [-0.15, -0.1) is 10.2 Å². The van der Waals surface area contributed by atoms with Crippen molar-refractivity contribution >= 4 is 40.9 Å². The van der Waals surface area contributed by atoms with Crippen LogP contribution in [0.4, 0.5) is 0 Å². The SMILES string of the molecule is CC(C1CC1)N(C(=O)CSc1nnc(-c2cccnc2)n1-c1ccc(Cl)c(Cl)c1)C1CC1. The van der Waals surface area contributed by atoms with E-state index < -0.39 is 0 Å². The number of amides is 1. The van der Waals surface area contributed by atoms with Crippen LogP contribution in [0.5, 0.6) is 0 Å². The Labute approximate surface area is 201 Å². The normalized spacial score (nSPS) is 16.7. The number of rotatable bonds is 8. The molecule has 32 heavy (non-hydrogen) atoms. The summed E-state index contributed by atoms with van der Waals surface area (Å²) in [6.07, 6.45) is 8.13. The molecule has 0 saturated heterocycles. The molecule has 1 amide bonds. The lowest BCUT2D eigenvalue weighted by Gasteiger charge is -2.29. The topological polar surface area (TPSA) is 63.9 Å². The Hall–Kier alpha value is -2.09. The molecule has 0 radical (unpaired) electrons. The third kappa shape index (κ3) is 4.51. The summed E-state index contributed by atoms with van der Waals surface area (Å²) in [7, 11) is 0. The van der Waals surface area contributed by atoms with Crippen LogP contribution in [0.25, 0.3) is 17.1 Å². The maximum atomic E-state index is 13.2. The van der Waals surface area contributed by atoms with Crippen molar-refractivity contribution in [2.45, 2.75) is 49.8 Å². The van der Waals surface area contributed by atoms with Crippen LogP contribution in [0.3, 0.4) is 0 Å². The molecule has 2 heterocycles. The lowest BCUT2D eigenvalue weighted by Crippen LogP contribution is -2.42. The van der Waals surface area contributed by atoms with Gasteiger partial charge >= 0.3 is 0 Å². The predicted molar refractivity (Wildman–Crippen MR) is 127 cm³/mol. The molecule has 2 aliphatic carbocycles. The van der Waals surface area contributed by atoms with Crippen molar-refractivity contribution in [1.29, 1.82) is 0 Å². The van der Waals surface area contributed by atoms with Crippen molar-refractivity contribution in [1.82, 2.24) is 24.6 Å². The zero-order valence-electron chi connectivity index (χ0n) is 17.6. The number of hydrogen-bond donors (Lipinski definition) is 0. The highest BCUT2D eigenvalue weighted by Crippen LogP contribution is 2.40. The zero-order chi connectivity index (χ0) is 22.2. The largest absolute Gasteiger partial charge is 0.336 e. The maximum absolute atomic E-state index is 13.2. The minimum absolute atomic E-state index is 0.170. The van der Waals surface area contributed by atoms with Gasteiger partial charge in [-0.25, -0.2) is 0 Å². The number of nitrogens with zero attached hydrogens (tertiary/aromatic N) is 5. The number of thioether (sulfide) groups is 1. The molecule has 9 heteroatoms. The van der Waals surface area contributed by atoms with Gasteiger partial charge in [0.25, 0.3) is 0 Å². The predicted octanol–water partition coefficient (Wildman–Crippen LogP) is 5.52. The first-order chi connectivity index (χ1) is 15.5. The summed E-state index contributed by atoms with van der Waals surface area (Å²) in [6.45, 7) is 2.19. The van der Waals surface area contributed by atoms with Crippen LogP contribution >= 0.6 is 35.0 Å². The Morgan fingerprint density at radius 3 is 2.66 bits per heavy atom. The standard InChI is InChI=1S/C23H23Cl2N5OS/c1-14(15-4-5-15)29(17-6-7-17)21(31)13-32-23-28-27-22(16-3-2-10-26-12-16)30(23)18-8-9-19(24)20(25)11-18/h2-3,8-12,14-15,17H,4-7,13H2,1H3. The first-order valence-electron chi connectivity index (χ1n) is 10.8. The van der Waals surface area contributed by atoms with E-state index in [0.717, 1.165) is 24.1 Å². The van der Waals surface area contributed by atoms with Crippen LogP contribution in [0, 0.1) is 5.92 Å². The molecule has 1 aromatic carbocycles. The van der Waals surface area contributed by atoms with E-state index in [1.165, 1.54) is 24.6 Å². The Morgan fingerprint density at radius 1 is 1.19 bits per heavy atom. The Morgan fingerprint density at radius 2 is 2.00 bits per heavy atom. The van der Waals surface area contributed by atoms with E-state index in [2.05, 4.69) is 27.0 Å². The zero-order valence-corrected chi connectivity index (χ0v) is 19.9. The van der Waals surface area contributed by atoms with Crippen molar-refractivity contribution in [2.24, 2.45) is 5.92 Å². The third-order valence-corrected chi connectivity index (χ3v) is 7.66. The van der Waals surface area contributed by atoms with Crippen molar-refractivity contribution in [3.05, 3.63) is 52.8 Å². The number of pyridine rings is 1. The summed E-state index contributed by atoms with van der Waals surface area (Å²) in [6, 6.07) is 9.90. The molecule has 0 N–H and O–H groups in total. The average molecular weight is 488 g/mol. The highest BCUT2D eigenvalue weighted by atomic mass is 35.5. The summed E-state index contributed by atoms with van der Waals surface area (Å²) >= 11 is 13.8. The summed E-state index contributed by atoms with van der Waals surface area (Å²) < 4.78 is 1.91. The quantitative estimate of drug-likeness (QED) is 0.391. The van der Waals surface area contributed by atoms with E-state index in [4.69, 9.17) is 23.2 Å². The fraction of sp³-hybridized carbons (Fsp3) is 0.391. The first kappa shape index (κ1) is 21.7. The number of benzene rings is 1. The van der Waals surface area contributed by atoms with Crippen LogP contribution in [-0.4, -0.2) is 48.4 Å². The summed E-state index contributed by atoms with van der Waals surface area (Å²) in [5.74, 6) is 1.78. The number of carbonyl (C=O) groups is 1. The van der Waals surface area contributed by atoms with Gasteiger partial charge in [-0.2, -0.15) is 0 Å². The molecule has 0 spiro atoms. The summed E-state index contributed by atoms with van der Waals surface area (Å²) in [5, 5.41) is 10.4. The van der Waals surface area contributed by atoms with Gasteiger partial charge in [0.2, 0.25) is 5.91 Å². The van der Waals surface area contributed by atoms with Gasteiger partial charge in [0.05, 0.1) is 21.5 Å². The molecule has 1 atom stereocenters. The Bertz CT molecular complexity index is 1130. The van der Waals surface area contributed by atoms with E-state index in [9.17, 15) is 4.79 Å². The molecule has 166 valence electrons. The monoisotopic (exact) mass is 487 g/mol. The molecule has 1 unspecified atom stereocenters. The Balaban J connectivity index is 1.44. The molecule has 2 aliphatic rings. The Kier molecular flexibility index (Phi) is 6.14. The minimum atomic E-state index is 0.170. The molecule has 2 aromatic heterocycles. The molecular formula is C23H23Cl2N5OS. The smallest absolute Gasteiger partial charge is 0.233 e. The van der Waals surface area contributed by atoms with Gasteiger partial charge in [0.15, 0.2) is 11.0 Å². The van der Waals surface area contributed by atoms with Crippen LogP contribution < -0.4 is 0 Å². The van der Waals surface area contributed by atoms with E-state index in [0.29, 0.717) is 44.8 Å². The van der Waals surface area contributed by atoms with Gasteiger partial charge in [-0.05, 0) is 68.9 Å². The van der Waals surface area contributed by atoms with Gasteiger partial charge < -0.3 is 4.90 Å². The molecule has 0 aliphatic heterocycles. The fourth-order valence-corrected chi connectivity index (χ4v) is 5.14. The first-order valence-corrected chi connectivity index (χ1v) is 12.5. The molecule has 2 fully saturated rings. The van der Waals surface area contributed by atoms with Gasteiger partial charge in [0, 0.05) is 30.0 Å². The lowest BCUT2D eigenvalue weighted by atomic mass is 10.2. The molecule has 5 rings (SSSR count). The number of aromatic nitrogens is 4.